The van der Waals surface area contributed by atoms with Gasteiger partial charge in [-0.15, -0.1) is 0 Å². The van der Waals surface area contributed by atoms with Crippen molar-refractivity contribution >= 4 is 11.6 Å². The monoisotopic (exact) mass is 422 g/mol. The number of rotatable bonds is 7. The number of anilines is 1. The Hall–Kier alpha value is -3.21. The van der Waals surface area contributed by atoms with Gasteiger partial charge in [-0.1, -0.05) is 55.4 Å². The van der Waals surface area contributed by atoms with E-state index in [0.717, 1.165) is 11.1 Å². The van der Waals surface area contributed by atoms with Crippen molar-refractivity contribution in [2.75, 3.05) is 5.43 Å². The Bertz CT molecular complexity index is 963. The highest BCUT2D eigenvalue weighted by Gasteiger charge is 2.26. The van der Waals surface area contributed by atoms with Crippen LogP contribution in [-0.2, 0) is 4.79 Å². The smallest absolute Gasteiger partial charge is 0.262 e. The van der Waals surface area contributed by atoms with E-state index in [1.54, 1.807) is 0 Å². The van der Waals surface area contributed by atoms with Crippen LogP contribution >= 0.6 is 0 Å². The average molecular weight is 423 g/mol. The van der Waals surface area contributed by atoms with E-state index >= 15 is 0 Å². The molecule has 0 spiro atoms. The molecule has 0 saturated carbocycles. The molecule has 1 aliphatic carbocycles. The minimum absolute atomic E-state index is 0.0530. The highest BCUT2D eigenvalue weighted by molar-refractivity contribution is 5.89. The molecule has 2 rings (SSSR count). The first-order chi connectivity index (χ1) is 14.6. The molecule has 1 amide bonds. The fourth-order valence-corrected chi connectivity index (χ4v) is 3.68. The van der Waals surface area contributed by atoms with Crippen molar-refractivity contribution in [3.05, 3.63) is 76.9 Å². The predicted octanol–water partition coefficient (Wildman–Crippen LogP) is 6.07. The predicted molar refractivity (Wildman–Crippen MR) is 128 cm³/mol. The average Bonchev–Trinajstić information content (AvgIpc) is 2.66. The highest BCUT2D eigenvalue weighted by Crippen LogP contribution is 2.40. The van der Waals surface area contributed by atoms with E-state index < -0.39 is 0 Å². The summed E-state index contributed by atoms with van der Waals surface area (Å²) in [4.78, 5) is 12.0. The molecule has 1 aliphatic rings. The molecule has 0 radical (unpaired) electrons. The lowest BCUT2D eigenvalue weighted by molar-refractivity contribution is -0.116. The molecule has 0 atom stereocenters. The number of aromatic hydroxyl groups is 2. The molecular formula is C26H34N2O3. The van der Waals surface area contributed by atoms with E-state index in [4.69, 9.17) is 0 Å². The summed E-state index contributed by atoms with van der Waals surface area (Å²) in [5.74, 6) is -0.558. The van der Waals surface area contributed by atoms with E-state index in [2.05, 4.69) is 50.7 Å². The normalized spacial score (nSPS) is 17.5. The summed E-state index contributed by atoms with van der Waals surface area (Å²) >= 11 is 0. The number of hydrogen-bond donors (Lipinski definition) is 4. The summed E-state index contributed by atoms with van der Waals surface area (Å²) in [6, 6.07) is 4.07. The van der Waals surface area contributed by atoms with Gasteiger partial charge in [-0.05, 0) is 68.7 Å². The van der Waals surface area contributed by atoms with Crippen molar-refractivity contribution in [3.8, 4) is 11.5 Å². The third-order valence-corrected chi connectivity index (χ3v) is 5.43. The van der Waals surface area contributed by atoms with Crippen LogP contribution < -0.4 is 10.9 Å². The van der Waals surface area contributed by atoms with Gasteiger partial charge in [-0.2, -0.15) is 0 Å². The summed E-state index contributed by atoms with van der Waals surface area (Å²) in [5.41, 5.74) is 10.5. The lowest BCUT2D eigenvalue weighted by Gasteiger charge is -2.32. The van der Waals surface area contributed by atoms with Crippen LogP contribution in [0.5, 0.6) is 11.5 Å². The first-order valence-electron chi connectivity index (χ1n) is 10.6. The van der Waals surface area contributed by atoms with Crippen LogP contribution in [0.25, 0.3) is 0 Å². The number of nitrogens with one attached hydrogen (secondary N) is 2. The summed E-state index contributed by atoms with van der Waals surface area (Å²) in [6.45, 7) is 10.8. The summed E-state index contributed by atoms with van der Waals surface area (Å²) < 4.78 is 0. The fourth-order valence-electron chi connectivity index (χ4n) is 3.68. The highest BCUT2D eigenvalue weighted by atomic mass is 16.3. The van der Waals surface area contributed by atoms with Gasteiger partial charge in [-0.25, -0.2) is 0 Å². The summed E-state index contributed by atoms with van der Waals surface area (Å²) in [6.07, 6.45) is 15.3. The van der Waals surface area contributed by atoms with Crippen LogP contribution in [0.1, 0.15) is 53.9 Å². The maximum Gasteiger partial charge on any atom is 0.262 e. The van der Waals surface area contributed by atoms with Gasteiger partial charge in [-0.3, -0.25) is 15.6 Å². The maximum absolute atomic E-state index is 12.0. The number of allylic oxidation sites excluding steroid dienone is 9. The van der Waals surface area contributed by atoms with E-state index in [1.807, 2.05) is 25.2 Å². The van der Waals surface area contributed by atoms with Crippen molar-refractivity contribution in [1.82, 2.24) is 5.43 Å². The van der Waals surface area contributed by atoms with Gasteiger partial charge in [0.2, 0.25) is 0 Å². The molecular weight excluding hydrogens is 388 g/mol. The van der Waals surface area contributed by atoms with Gasteiger partial charge in [0, 0.05) is 12.1 Å². The second kappa shape index (κ2) is 10.7. The summed E-state index contributed by atoms with van der Waals surface area (Å²) in [7, 11) is 0. The fraction of sp³-hybridized carbons (Fsp3) is 0.346. The number of hydrogen-bond acceptors (Lipinski definition) is 4. The number of benzene rings is 1. The molecule has 0 fully saturated rings. The molecule has 0 saturated heterocycles. The van der Waals surface area contributed by atoms with Crippen LogP contribution in [0, 0.1) is 5.41 Å². The minimum Gasteiger partial charge on any atom is -0.508 e. The molecule has 0 aliphatic heterocycles. The number of amides is 1. The molecule has 1 aromatic rings. The zero-order valence-electron chi connectivity index (χ0n) is 19.1. The third-order valence-electron chi connectivity index (χ3n) is 5.43. The van der Waals surface area contributed by atoms with Crippen LogP contribution in [-0.4, -0.2) is 16.1 Å². The van der Waals surface area contributed by atoms with E-state index in [1.165, 1.54) is 54.7 Å². The van der Waals surface area contributed by atoms with E-state index in [9.17, 15) is 15.0 Å². The SMILES string of the molecule is CC(C=CC1=C(C)CCCC1(C)C)=CC=CC(C)=CC(=O)NNc1ccc(O)cc1O. The van der Waals surface area contributed by atoms with Gasteiger partial charge in [0.25, 0.3) is 5.91 Å². The van der Waals surface area contributed by atoms with Crippen LogP contribution in [0.15, 0.2) is 76.9 Å². The Kier molecular flexibility index (Phi) is 8.31. The molecule has 0 unspecified atom stereocenters. The van der Waals surface area contributed by atoms with Crippen molar-refractivity contribution in [1.29, 1.82) is 0 Å². The van der Waals surface area contributed by atoms with Gasteiger partial charge in [0.15, 0.2) is 0 Å². The van der Waals surface area contributed by atoms with Crippen LogP contribution in [0.4, 0.5) is 5.69 Å². The molecule has 166 valence electrons. The first-order valence-corrected chi connectivity index (χ1v) is 10.6. The number of phenolic OH excluding ortho intramolecular Hbond substituents is 2. The topological polar surface area (TPSA) is 81.6 Å². The Morgan fingerprint density at radius 3 is 2.55 bits per heavy atom. The lowest BCUT2D eigenvalue weighted by Crippen LogP contribution is -2.27. The maximum atomic E-state index is 12.0. The number of carbonyl (C=O) groups is 1. The first kappa shape index (κ1) is 24.1. The Balaban J connectivity index is 1.92. The molecule has 0 heterocycles. The Morgan fingerprint density at radius 2 is 1.87 bits per heavy atom. The van der Waals surface area contributed by atoms with Gasteiger partial charge >= 0.3 is 0 Å². The minimum atomic E-state index is -0.350. The van der Waals surface area contributed by atoms with Crippen LogP contribution in [0.3, 0.4) is 0 Å². The zero-order valence-corrected chi connectivity index (χ0v) is 19.1. The Labute approximate surface area is 185 Å². The molecule has 0 aromatic heterocycles. The summed E-state index contributed by atoms with van der Waals surface area (Å²) in [5, 5.41) is 19.0. The standard InChI is InChI=1S/C26H34N2O3/c1-18(11-13-22-20(3)10-7-15-26(22,4)5)8-6-9-19(2)16-25(31)28-27-23-14-12-21(29)17-24(23)30/h6,8-9,11-14,16-17,27,29-30H,7,10,15H2,1-5H3,(H,28,31). The third kappa shape index (κ3) is 7.52. The second-order valence-electron chi connectivity index (χ2n) is 8.74. The van der Waals surface area contributed by atoms with E-state index in [0.29, 0.717) is 5.69 Å². The van der Waals surface area contributed by atoms with Crippen LogP contribution in [0.2, 0.25) is 0 Å². The quantitative estimate of drug-likeness (QED) is 0.141. The molecule has 4 N–H and O–H groups in total. The Morgan fingerprint density at radius 1 is 1.13 bits per heavy atom. The van der Waals surface area contributed by atoms with Crippen molar-refractivity contribution in [3.63, 3.8) is 0 Å². The molecule has 5 nitrogen and oxygen atoms in total. The number of phenols is 2. The van der Waals surface area contributed by atoms with Crippen molar-refractivity contribution in [2.45, 2.75) is 53.9 Å². The second-order valence-corrected chi connectivity index (χ2v) is 8.74. The van der Waals surface area contributed by atoms with E-state index in [-0.39, 0.29) is 22.8 Å². The van der Waals surface area contributed by atoms with Gasteiger partial charge in [0.05, 0.1) is 5.69 Å². The molecule has 5 heteroatoms. The van der Waals surface area contributed by atoms with Crippen molar-refractivity contribution in [2.24, 2.45) is 5.41 Å². The largest absolute Gasteiger partial charge is 0.508 e. The lowest BCUT2D eigenvalue weighted by atomic mass is 9.72. The molecule has 1 aromatic carbocycles. The molecule has 31 heavy (non-hydrogen) atoms. The van der Waals surface area contributed by atoms with Gasteiger partial charge < -0.3 is 10.2 Å². The zero-order chi connectivity index (χ0) is 23.0. The number of hydrazine groups is 1. The molecule has 0 bridgehead atoms. The van der Waals surface area contributed by atoms with Gasteiger partial charge in [0.1, 0.15) is 11.5 Å². The number of carbonyl (C=O) groups excluding carboxylic acids is 1. The van der Waals surface area contributed by atoms with Crippen molar-refractivity contribution < 1.29 is 15.0 Å².